The van der Waals surface area contributed by atoms with E-state index in [0.717, 1.165) is 16.8 Å². The summed E-state index contributed by atoms with van der Waals surface area (Å²) in [7, 11) is 0. The molecule has 3 rings (SSSR count). The average Bonchev–Trinajstić information content (AvgIpc) is 2.79. The standard InChI is InChI=1S/C25H24N2O4S/c1-17-9-3-6-12-20(17)26-23(28)15-31-25(30)19-11-5-8-14-22(19)32-16-24(29)27-21-13-7-4-10-18(21)2/h3-14H,15-16H2,1-2H3,(H,26,28)(H,27,29). The number of para-hydroxylation sites is 2. The number of amides is 2. The molecule has 0 fully saturated rings. The molecule has 0 bridgehead atoms. The van der Waals surface area contributed by atoms with Crippen LogP contribution in [0.2, 0.25) is 0 Å². The number of nitrogens with one attached hydrogen (secondary N) is 2. The van der Waals surface area contributed by atoms with Crippen molar-refractivity contribution in [2.75, 3.05) is 23.0 Å². The number of ether oxygens (including phenoxy) is 1. The summed E-state index contributed by atoms with van der Waals surface area (Å²) in [6.45, 7) is 3.40. The number of carbonyl (C=O) groups is 3. The number of hydrogen-bond donors (Lipinski definition) is 2. The summed E-state index contributed by atoms with van der Waals surface area (Å²) >= 11 is 1.23. The van der Waals surface area contributed by atoms with Crippen LogP contribution < -0.4 is 10.6 Å². The number of aryl methyl sites for hydroxylation is 2. The van der Waals surface area contributed by atoms with Crippen LogP contribution in [0, 0.1) is 13.8 Å². The maximum absolute atomic E-state index is 12.6. The number of esters is 1. The molecule has 0 heterocycles. The zero-order valence-corrected chi connectivity index (χ0v) is 18.7. The minimum Gasteiger partial charge on any atom is -0.452 e. The number of carbonyl (C=O) groups excluding carboxylic acids is 3. The summed E-state index contributed by atoms with van der Waals surface area (Å²) in [5.41, 5.74) is 3.62. The molecule has 0 radical (unpaired) electrons. The summed E-state index contributed by atoms with van der Waals surface area (Å²) in [6, 6.07) is 21.7. The van der Waals surface area contributed by atoms with Crippen LogP contribution in [0.5, 0.6) is 0 Å². The van der Waals surface area contributed by atoms with Crippen LogP contribution in [0.25, 0.3) is 0 Å². The summed E-state index contributed by atoms with van der Waals surface area (Å²) < 4.78 is 5.20. The van der Waals surface area contributed by atoms with Crippen LogP contribution in [-0.4, -0.2) is 30.1 Å². The van der Waals surface area contributed by atoms with E-state index in [2.05, 4.69) is 10.6 Å². The number of hydrogen-bond acceptors (Lipinski definition) is 5. The molecule has 32 heavy (non-hydrogen) atoms. The predicted octanol–water partition coefficient (Wildman–Crippen LogP) is 4.83. The molecule has 3 aromatic carbocycles. The Morgan fingerprint density at radius 3 is 1.91 bits per heavy atom. The van der Waals surface area contributed by atoms with Crippen LogP contribution in [-0.2, 0) is 14.3 Å². The first-order valence-corrected chi connectivity index (χ1v) is 11.0. The van der Waals surface area contributed by atoms with Crippen LogP contribution in [0.1, 0.15) is 21.5 Å². The van der Waals surface area contributed by atoms with Crippen LogP contribution in [0.4, 0.5) is 11.4 Å². The molecule has 2 amide bonds. The Hall–Kier alpha value is -3.58. The fourth-order valence-electron chi connectivity index (χ4n) is 2.91. The zero-order valence-electron chi connectivity index (χ0n) is 17.9. The van der Waals surface area contributed by atoms with Crippen molar-refractivity contribution >= 4 is 40.9 Å². The van der Waals surface area contributed by atoms with E-state index in [4.69, 9.17) is 4.74 Å². The monoisotopic (exact) mass is 448 g/mol. The van der Waals surface area contributed by atoms with Gasteiger partial charge in [-0.1, -0.05) is 48.5 Å². The lowest BCUT2D eigenvalue weighted by Gasteiger charge is -2.11. The van der Waals surface area contributed by atoms with Crippen molar-refractivity contribution in [3.63, 3.8) is 0 Å². The van der Waals surface area contributed by atoms with Crippen molar-refractivity contribution in [2.24, 2.45) is 0 Å². The lowest BCUT2D eigenvalue weighted by Crippen LogP contribution is -2.21. The highest BCUT2D eigenvalue weighted by atomic mass is 32.2. The number of thioether (sulfide) groups is 1. The van der Waals surface area contributed by atoms with Gasteiger partial charge in [0.15, 0.2) is 6.61 Å². The highest BCUT2D eigenvalue weighted by Gasteiger charge is 2.16. The Kier molecular flexibility index (Phi) is 8.05. The van der Waals surface area contributed by atoms with E-state index in [0.29, 0.717) is 16.1 Å². The Morgan fingerprint density at radius 1 is 0.750 bits per heavy atom. The van der Waals surface area contributed by atoms with Gasteiger partial charge in [0.2, 0.25) is 5.91 Å². The van der Waals surface area contributed by atoms with E-state index in [1.54, 1.807) is 30.3 Å². The number of anilines is 2. The maximum Gasteiger partial charge on any atom is 0.339 e. The summed E-state index contributed by atoms with van der Waals surface area (Å²) in [5, 5.41) is 5.59. The molecule has 7 heteroatoms. The van der Waals surface area contributed by atoms with E-state index in [1.165, 1.54) is 11.8 Å². The molecule has 0 saturated carbocycles. The second-order valence-electron chi connectivity index (χ2n) is 7.09. The molecule has 6 nitrogen and oxygen atoms in total. The molecule has 0 aliphatic heterocycles. The van der Waals surface area contributed by atoms with Crippen molar-refractivity contribution in [1.82, 2.24) is 0 Å². The summed E-state index contributed by atoms with van der Waals surface area (Å²) in [5.74, 6) is -1.08. The normalized spacial score (nSPS) is 10.3. The minimum absolute atomic E-state index is 0.131. The second-order valence-corrected chi connectivity index (χ2v) is 8.10. The fourth-order valence-corrected chi connectivity index (χ4v) is 3.75. The maximum atomic E-state index is 12.6. The van der Waals surface area contributed by atoms with Crippen LogP contribution in [0.3, 0.4) is 0 Å². The van der Waals surface area contributed by atoms with Crippen LogP contribution in [0.15, 0.2) is 77.7 Å². The zero-order chi connectivity index (χ0) is 22.9. The molecule has 0 aromatic heterocycles. The Labute approximate surface area is 191 Å². The van der Waals surface area contributed by atoms with Crippen molar-refractivity contribution in [3.05, 3.63) is 89.5 Å². The third-order valence-electron chi connectivity index (χ3n) is 4.64. The Balaban J connectivity index is 1.55. The predicted molar refractivity (Wildman–Crippen MR) is 127 cm³/mol. The Bertz CT molecular complexity index is 1130. The highest BCUT2D eigenvalue weighted by molar-refractivity contribution is 8.00. The van der Waals surface area contributed by atoms with E-state index < -0.39 is 18.5 Å². The van der Waals surface area contributed by atoms with Crippen LogP contribution >= 0.6 is 11.8 Å². The largest absolute Gasteiger partial charge is 0.452 e. The van der Waals surface area contributed by atoms with Gasteiger partial charge >= 0.3 is 5.97 Å². The van der Waals surface area contributed by atoms with Crippen molar-refractivity contribution in [3.8, 4) is 0 Å². The molecule has 0 atom stereocenters. The van der Waals surface area contributed by atoms with E-state index in [-0.39, 0.29) is 11.7 Å². The van der Waals surface area contributed by atoms with Gasteiger partial charge in [0.05, 0.1) is 11.3 Å². The van der Waals surface area contributed by atoms with Gasteiger partial charge in [0.25, 0.3) is 5.91 Å². The second kappa shape index (κ2) is 11.2. The van der Waals surface area contributed by atoms with Gasteiger partial charge in [-0.25, -0.2) is 4.79 Å². The minimum atomic E-state index is -0.618. The summed E-state index contributed by atoms with van der Waals surface area (Å²) in [6.07, 6.45) is 0. The van der Waals surface area contributed by atoms with E-state index in [9.17, 15) is 14.4 Å². The molecule has 0 spiro atoms. The van der Waals surface area contributed by atoms with Gasteiger partial charge in [0.1, 0.15) is 0 Å². The van der Waals surface area contributed by atoms with Gasteiger partial charge in [-0.2, -0.15) is 0 Å². The smallest absolute Gasteiger partial charge is 0.339 e. The molecular weight excluding hydrogens is 424 g/mol. The number of benzene rings is 3. The summed E-state index contributed by atoms with van der Waals surface area (Å²) in [4.78, 5) is 37.7. The fraction of sp³-hybridized carbons (Fsp3) is 0.160. The van der Waals surface area contributed by atoms with Crippen molar-refractivity contribution in [1.29, 1.82) is 0 Å². The first-order valence-electron chi connectivity index (χ1n) is 10.0. The molecule has 0 aliphatic rings. The molecule has 0 aliphatic carbocycles. The number of rotatable bonds is 8. The van der Waals surface area contributed by atoms with E-state index >= 15 is 0 Å². The quantitative estimate of drug-likeness (QED) is 0.381. The first-order chi connectivity index (χ1) is 15.4. The average molecular weight is 449 g/mol. The topological polar surface area (TPSA) is 84.5 Å². The molecule has 0 unspecified atom stereocenters. The molecule has 0 saturated heterocycles. The molecular formula is C25H24N2O4S. The van der Waals surface area contributed by atoms with Crippen molar-refractivity contribution < 1.29 is 19.1 Å². The molecule has 164 valence electrons. The van der Waals surface area contributed by atoms with Crippen molar-refractivity contribution in [2.45, 2.75) is 18.7 Å². The van der Waals surface area contributed by atoms with Gasteiger partial charge in [-0.05, 0) is 49.2 Å². The SMILES string of the molecule is Cc1ccccc1NC(=O)COC(=O)c1ccccc1SCC(=O)Nc1ccccc1C. The Morgan fingerprint density at radius 2 is 1.28 bits per heavy atom. The first kappa shape index (κ1) is 23.1. The molecule has 2 N–H and O–H groups in total. The third kappa shape index (κ3) is 6.46. The van der Waals surface area contributed by atoms with E-state index in [1.807, 2.05) is 56.3 Å². The lowest BCUT2D eigenvalue weighted by atomic mass is 10.2. The molecule has 3 aromatic rings. The third-order valence-corrected chi connectivity index (χ3v) is 5.71. The van der Waals surface area contributed by atoms with Gasteiger partial charge in [0, 0.05) is 16.3 Å². The van der Waals surface area contributed by atoms with Gasteiger partial charge < -0.3 is 15.4 Å². The van der Waals surface area contributed by atoms with Gasteiger partial charge in [-0.15, -0.1) is 11.8 Å². The highest BCUT2D eigenvalue weighted by Crippen LogP contribution is 2.24. The lowest BCUT2D eigenvalue weighted by molar-refractivity contribution is -0.119. The van der Waals surface area contributed by atoms with Gasteiger partial charge in [-0.3, -0.25) is 9.59 Å².